The standard InChI is InChI=1S/C21H34N2O2/c1-15-11-17(16-7-5-4-6-8-16)12-19-20(24)13-18(21(15)19)14-22-25-10-9-23(2)3/h4-8,15,17-22,24H,9-14H2,1-3H3/t15-,17-,18+,19+,20-,21+/m0/s1. The molecule has 2 aliphatic rings. The summed E-state index contributed by atoms with van der Waals surface area (Å²) >= 11 is 0. The number of aliphatic hydroxyl groups is 1. The fourth-order valence-electron chi connectivity index (χ4n) is 5.16. The number of likely N-dealkylation sites (N-methyl/N-ethyl adjacent to an activating group) is 1. The fraction of sp³-hybridized carbons (Fsp3) is 0.714. The molecule has 1 aromatic carbocycles. The van der Waals surface area contributed by atoms with Crippen molar-refractivity contribution in [3.05, 3.63) is 35.9 Å². The molecule has 1 aromatic rings. The lowest BCUT2D eigenvalue weighted by atomic mass is 9.65. The molecule has 2 saturated carbocycles. The van der Waals surface area contributed by atoms with Gasteiger partial charge in [0.15, 0.2) is 0 Å². The topological polar surface area (TPSA) is 44.7 Å². The van der Waals surface area contributed by atoms with E-state index in [1.165, 1.54) is 12.0 Å². The summed E-state index contributed by atoms with van der Waals surface area (Å²) in [4.78, 5) is 7.69. The molecule has 140 valence electrons. The normalized spacial score (nSPS) is 35.1. The van der Waals surface area contributed by atoms with Gasteiger partial charge in [-0.25, -0.2) is 5.48 Å². The van der Waals surface area contributed by atoms with Crippen LogP contribution < -0.4 is 5.48 Å². The van der Waals surface area contributed by atoms with E-state index < -0.39 is 0 Å². The van der Waals surface area contributed by atoms with Crippen LogP contribution in [0.5, 0.6) is 0 Å². The lowest BCUT2D eigenvalue weighted by Gasteiger charge is -2.40. The zero-order valence-electron chi connectivity index (χ0n) is 15.9. The van der Waals surface area contributed by atoms with Gasteiger partial charge in [0.2, 0.25) is 0 Å². The fourth-order valence-corrected chi connectivity index (χ4v) is 5.16. The second-order valence-electron chi connectivity index (χ2n) is 8.36. The molecule has 4 nitrogen and oxygen atoms in total. The number of hydrogen-bond donors (Lipinski definition) is 2. The van der Waals surface area contributed by atoms with E-state index in [0.717, 1.165) is 25.9 Å². The molecule has 2 fully saturated rings. The lowest BCUT2D eigenvalue weighted by Crippen LogP contribution is -2.36. The van der Waals surface area contributed by atoms with E-state index >= 15 is 0 Å². The molecule has 0 heterocycles. The summed E-state index contributed by atoms with van der Waals surface area (Å²) in [6, 6.07) is 10.8. The van der Waals surface area contributed by atoms with Crippen molar-refractivity contribution < 1.29 is 9.94 Å². The van der Waals surface area contributed by atoms with E-state index in [2.05, 4.69) is 47.6 Å². The molecule has 0 saturated heterocycles. The Morgan fingerprint density at radius 1 is 1.16 bits per heavy atom. The van der Waals surface area contributed by atoms with Gasteiger partial charge in [0, 0.05) is 13.1 Å². The van der Waals surface area contributed by atoms with Crippen LogP contribution in [0, 0.1) is 23.7 Å². The molecule has 2 aliphatic carbocycles. The molecule has 0 radical (unpaired) electrons. The highest BCUT2D eigenvalue weighted by Gasteiger charge is 2.48. The third-order valence-corrected chi connectivity index (χ3v) is 6.31. The second-order valence-corrected chi connectivity index (χ2v) is 8.36. The molecule has 0 aliphatic heterocycles. The van der Waals surface area contributed by atoms with Crippen molar-refractivity contribution in [2.24, 2.45) is 23.7 Å². The van der Waals surface area contributed by atoms with Crippen LogP contribution in [0.2, 0.25) is 0 Å². The van der Waals surface area contributed by atoms with E-state index in [4.69, 9.17) is 4.84 Å². The van der Waals surface area contributed by atoms with Crippen molar-refractivity contribution >= 4 is 0 Å². The second kappa shape index (κ2) is 8.63. The average Bonchev–Trinajstić information content (AvgIpc) is 2.92. The third kappa shape index (κ3) is 4.62. The van der Waals surface area contributed by atoms with E-state index in [1.54, 1.807) is 0 Å². The maximum Gasteiger partial charge on any atom is 0.0809 e. The summed E-state index contributed by atoms with van der Waals surface area (Å²) in [6.45, 7) is 4.85. The Labute approximate surface area is 152 Å². The van der Waals surface area contributed by atoms with Gasteiger partial charge in [-0.3, -0.25) is 0 Å². The molecule has 0 unspecified atom stereocenters. The molecular weight excluding hydrogens is 312 g/mol. The number of hydrogen-bond acceptors (Lipinski definition) is 4. The van der Waals surface area contributed by atoms with E-state index in [0.29, 0.717) is 36.2 Å². The van der Waals surface area contributed by atoms with E-state index in [9.17, 15) is 5.11 Å². The van der Waals surface area contributed by atoms with Crippen LogP contribution in [0.3, 0.4) is 0 Å². The zero-order valence-corrected chi connectivity index (χ0v) is 15.9. The van der Waals surface area contributed by atoms with Crippen molar-refractivity contribution in [3.63, 3.8) is 0 Å². The van der Waals surface area contributed by atoms with Crippen LogP contribution >= 0.6 is 0 Å². The Balaban J connectivity index is 1.55. The first-order valence-corrected chi connectivity index (χ1v) is 9.78. The van der Waals surface area contributed by atoms with Crippen molar-refractivity contribution in [3.8, 4) is 0 Å². The lowest BCUT2D eigenvalue weighted by molar-refractivity contribution is 0.0129. The summed E-state index contributed by atoms with van der Waals surface area (Å²) in [5.74, 6) is 2.80. The summed E-state index contributed by atoms with van der Waals surface area (Å²) in [6.07, 6.45) is 3.10. The highest BCUT2D eigenvalue weighted by Crippen LogP contribution is 2.52. The van der Waals surface area contributed by atoms with Crippen molar-refractivity contribution in [2.75, 3.05) is 33.8 Å². The third-order valence-electron chi connectivity index (χ3n) is 6.31. The summed E-state index contributed by atoms with van der Waals surface area (Å²) in [7, 11) is 4.10. The minimum atomic E-state index is -0.160. The Hall–Kier alpha value is -0.940. The molecule has 0 amide bonds. The molecule has 0 spiro atoms. The molecule has 3 rings (SSSR count). The number of fused-ring (bicyclic) bond motifs is 1. The van der Waals surface area contributed by atoms with Crippen LogP contribution in [0.1, 0.15) is 37.7 Å². The number of hydroxylamine groups is 1. The highest BCUT2D eigenvalue weighted by atomic mass is 16.6. The molecule has 4 heteroatoms. The Bertz CT molecular complexity index is 522. The van der Waals surface area contributed by atoms with E-state index in [1.807, 2.05) is 14.1 Å². The monoisotopic (exact) mass is 346 g/mol. The largest absolute Gasteiger partial charge is 0.393 e. The first-order chi connectivity index (χ1) is 12.1. The smallest absolute Gasteiger partial charge is 0.0809 e. The van der Waals surface area contributed by atoms with Gasteiger partial charge in [-0.15, -0.1) is 0 Å². The minimum absolute atomic E-state index is 0.160. The predicted molar refractivity (Wildman–Crippen MR) is 101 cm³/mol. The van der Waals surface area contributed by atoms with Gasteiger partial charge in [0.05, 0.1) is 12.7 Å². The van der Waals surface area contributed by atoms with Gasteiger partial charge in [0.25, 0.3) is 0 Å². The van der Waals surface area contributed by atoms with Gasteiger partial charge < -0.3 is 14.8 Å². The molecular formula is C21H34N2O2. The minimum Gasteiger partial charge on any atom is -0.393 e. The maximum absolute atomic E-state index is 10.7. The number of benzene rings is 1. The summed E-state index contributed by atoms with van der Waals surface area (Å²) in [5.41, 5.74) is 4.60. The predicted octanol–water partition coefficient (Wildman–Crippen LogP) is 2.90. The van der Waals surface area contributed by atoms with Crippen molar-refractivity contribution in [2.45, 2.75) is 38.2 Å². The molecule has 25 heavy (non-hydrogen) atoms. The van der Waals surface area contributed by atoms with Gasteiger partial charge in [0.1, 0.15) is 0 Å². The highest BCUT2D eigenvalue weighted by molar-refractivity contribution is 5.21. The average molecular weight is 347 g/mol. The Morgan fingerprint density at radius 2 is 1.92 bits per heavy atom. The SMILES string of the molecule is C[C@H]1C[C@H](c2ccccc2)C[C@H]2[C@H]1[C@@H](CNOCCN(C)C)C[C@@H]2O. The van der Waals surface area contributed by atoms with Gasteiger partial charge in [-0.1, -0.05) is 37.3 Å². The van der Waals surface area contributed by atoms with Crippen LogP contribution in [0.25, 0.3) is 0 Å². The maximum atomic E-state index is 10.7. The van der Waals surface area contributed by atoms with Crippen LogP contribution in [0.4, 0.5) is 0 Å². The first-order valence-electron chi connectivity index (χ1n) is 9.78. The molecule has 0 bridgehead atoms. The van der Waals surface area contributed by atoms with Crippen LogP contribution in [0.15, 0.2) is 30.3 Å². The van der Waals surface area contributed by atoms with Crippen LogP contribution in [-0.2, 0) is 4.84 Å². The van der Waals surface area contributed by atoms with Gasteiger partial charge >= 0.3 is 0 Å². The zero-order chi connectivity index (χ0) is 17.8. The van der Waals surface area contributed by atoms with E-state index in [-0.39, 0.29) is 6.10 Å². The van der Waals surface area contributed by atoms with Gasteiger partial charge in [-0.05, 0) is 68.5 Å². The van der Waals surface area contributed by atoms with Crippen LogP contribution in [-0.4, -0.2) is 49.9 Å². The Kier molecular flexibility index (Phi) is 6.50. The van der Waals surface area contributed by atoms with Gasteiger partial charge in [-0.2, -0.15) is 0 Å². The first kappa shape index (κ1) is 18.8. The molecule has 6 atom stereocenters. The number of nitrogens with zero attached hydrogens (tertiary/aromatic N) is 1. The number of nitrogens with one attached hydrogen (secondary N) is 1. The number of rotatable bonds is 7. The number of aliphatic hydroxyl groups excluding tert-OH is 1. The summed E-state index contributed by atoms with van der Waals surface area (Å²) < 4.78 is 0. The molecule has 2 N–H and O–H groups in total. The van der Waals surface area contributed by atoms with Crippen molar-refractivity contribution in [1.29, 1.82) is 0 Å². The molecule has 0 aromatic heterocycles. The summed E-state index contributed by atoms with van der Waals surface area (Å²) in [5, 5.41) is 10.7. The Morgan fingerprint density at radius 3 is 2.64 bits per heavy atom. The quantitative estimate of drug-likeness (QED) is 0.589. The van der Waals surface area contributed by atoms with Crippen molar-refractivity contribution in [1.82, 2.24) is 10.4 Å².